The van der Waals surface area contributed by atoms with E-state index in [2.05, 4.69) is 66.7 Å². The molecular weight excluding hydrogens is 290 g/mol. The van der Waals surface area contributed by atoms with E-state index in [4.69, 9.17) is 4.98 Å². The first-order chi connectivity index (χ1) is 11.9. The minimum absolute atomic E-state index is 0.841. The Morgan fingerprint density at radius 1 is 0.958 bits per heavy atom. The van der Waals surface area contributed by atoms with Crippen molar-refractivity contribution in [2.24, 2.45) is 5.92 Å². The fraction of sp³-hybridized carbons (Fsp3) is 0.261. The monoisotopic (exact) mass is 313 g/mol. The standard InChI is InChI=1S/C23H23N/c1-2-7-18(8-3-1)13-14-21(17-19-9-6-10-19)23-22-12-5-4-11-20(22)15-16-24-23/h1-5,7-8,11-12,14-16,19H,6,9-10,13,17H2. The summed E-state index contributed by atoms with van der Waals surface area (Å²) in [7, 11) is 0. The highest BCUT2D eigenvalue weighted by Crippen LogP contribution is 2.36. The Balaban J connectivity index is 1.71. The second kappa shape index (κ2) is 7.00. The molecule has 1 nitrogen and oxygen atoms in total. The molecule has 1 aliphatic carbocycles. The minimum Gasteiger partial charge on any atom is -0.256 e. The summed E-state index contributed by atoms with van der Waals surface area (Å²) in [4.78, 5) is 4.76. The Morgan fingerprint density at radius 2 is 1.75 bits per heavy atom. The van der Waals surface area contributed by atoms with Crippen LogP contribution in [-0.2, 0) is 6.42 Å². The lowest BCUT2D eigenvalue weighted by molar-refractivity contribution is 0.323. The van der Waals surface area contributed by atoms with Gasteiger partial charge in [0.1, 0.15) is 0 Å². The van der Waals surface area contributed by atoms with E-state index in [1.54, 1.807) is 0 Å². The zero-order valence-corrected chi connectivity index (χ0v) is 14.0. The van der Waals surface area contributed by atoms with E-state index in [1.807, 2.05) is 6.20 Å². The molecule has 2 aromatic carbocycles. The summed E-state index contributed by atoms with van der Waals surface area (Å²) in [6, 6.07) is 21.4. The summed E-state index contributed by atoms with van der Waals surface area (Å²) in [5.41, 5.74) is 3.96. The van der Waals surface area contributed by atoms with E-state index in [0.717, 1.165) is 18.8 Å². The highest BCUT2D eigenvalue weighted by Gasteiger charge is 2.20. The molecule has 0 unspecified atom stereocenters. The normalized spacial score (nSPS) is 15.4. The maximum atomic E-state index is 4.76. The largest absolute Gasteiger partial charge is 0.256 e. The first-order valence-corrected chi connectivity index (χ1v) is 8.97. The Bertz CT molecular complexity index is 839. The van der Waals surface area contributed by atoms with Crippen LogP contribution in [0.4, 0.5) is 0 Å². The van der Waals surface area contributed by atoms with Crippen LogP contribution in [0.15, 0.2) is 72.9 Å². The minimum atomic E-state index is 0.841. The van der Waals surface area contributed by atoms with Gasteiger partial charge in [-0.2, -0.15) is 0 Å². The summed E-state index contributed by atoms with van der Waals surface area (Å²) in [6.07, 6.45) is 10.6. The highest BCUT2D eigenvalue weighted by molar-refractivity contribution is 5.92. The van der Waals surface area contributed by atoms with Gasteiger partial charge in [-0.1, -0.05) is 79.9 Å². The Labute approximate surface area is 144 Å². The molecule has 0 amide bonds. The van der Waals surface area contributed by atoms with Crippen molar-refractivity contribution < 1.29 is 0 Å². The van der Waals surface area contributed by atoms with Gasteiger partial charge in [0.2, 0.25) is 0 Å². The number of allylic oxidation sites excluding steroid dienone is 2. The molecule has 3 aromatic rings. The first-order valence-electron chi connectivity index (χ1n) is 8.97. The summed E-state index contributed by atoms with van der Waals surface area (Å²) in [6.45, 7) is 0. The van der Waals surface area contributed by atoms with Crippen LogP contribution in [0.1, 0.15) is 36.9 Å². The zero-order valence-electron chi connectivity index (χ0n) is 14.0. The van der Waals surface area contributed by atoms with Crippen molar-refractivity contribution in [3.8, 4) is 0 Å². The van der Waals surface area contributed by atoms with Gasteiger partial charge < -0.3 is 0 Å². The highest BCUT2D eigenvalue weighted by atomic mass is 14.7. The smallest absolute Gasteiger partial charge is 0.0736 e. The van der Waals surface area contributed by atoms with Crippen molar-refractivity contribution in [2.45, 2.75) is 32.1 Å². The topological polar surface area (TPSA) is 12.9 Å². The average Bonchev–Trinajstić information content (AvgIpc) is 2.61. The van der Waals surface area contributed by atoms with E-state index in [9.17, 15) is 0 Å². The van der Waals surface area contributed by atoms with Gasteiger partial charge in [0.05, 0.1) is 5.69 Å². The molecule has 1 saturated carbocycles. The fourth-order valence-corrected chi connectivity index (χ4v) is 3.52. The predicted molar refractivity (Wildman–Crippen MR) is 102 cm³/mol. The molecule has 0 bridgehead atoms. The Kier molecular flexibility index (Phi) is 4.42. The molecule has 120 valence electrons. The predicted octanol–water partition coefficient (Wildman–Crippen LogP) is 6.05. The van der Waals surface area contributed by atoms with E-state index < -0.39 is 0 Å². The van der Waals surface area contributed by atoms with Crippen molar-refractivity contribution in [3.63, 3.8) is 0 Å². The van der Waals surface area contributed by atoms with Gasteiger partial charge >= 0.3 is 0 Å². The van der Waals surface area contributed by atoms with Gasteiger partial charge in [0.25, 0.3) is 0 Å². The molecule has 0 radical (unpaired) electrons. The molecule has 0 atom stereocenters. The number of hydrogen-bond acceptors (Lipinski definition) is 1. The number of hydrogen-bond donors (Lipinski definition) is 0. The van der Waals surface area contributed by atoms with Crippen molar-refractivity contribution in [1.82, 2.24) is 4.98 Å². The van der Waals surface area contributed by atoms with Gasteiger partial charge in [-0.15, -0.1) is 0 Å². The van der Waals surface area contributed by atoms with E-state index >= 15 is 0 Å². The third-order valence-corrected chi connectivity index (χ3v) is 5.14. The van der Waals surface area contributed by atoms with Crippen LogP contribution in [-0.4, -0.2) is 4.98 Å². The Morgan fingerprint density at radius 3 is 2.54 bits per heavy atom. The van der Waals surface area contributed by atoms with Crippen LogP contribution in [0.5, 0.6) is 0 Å². The average molecular weight is 313 g/mol. The molecule has 0 N–H and O–H groups in total. The SMILES string of the molecule is C(Cc1ccccc1)=C(CC1CCC1)c1nccc2ccccc12. The second-order valence-electron chi connectivity index (χ2n) is 6.80. The fourth-order valence-electron chi connectivity index (χ4n) is 3.52. The molecular formula is C23H23N. The second-order valence-corrected chi connectivity index (χ2v) is 6.80. The van der Waals surface area contributed by atoms with Gasteiger partial charge in [0, 0.05) is 11.6 Å². The van der Waals surface area contributed by atoms with Crippen molar-refractivity contribution >= 4 is 16.3 Å². The summed E-state index contributed by atoms with van der Waals surface area (Å²) in [5, 5.41) is 2.56. The van der Waals surface area contributed by atoms with Gasteiger partial charge in [-0.05, 0) is 41.3 Å². The molecule has 1 aromatic heterocycles. The number of rotatable bonds is 5. The lowest BCUT2D eigenvalue weighted by Crippen LogP contribution is -2.12. The molecule has 0 spiro atoms. The van der Waals surface area contributed by atoms with Gasteiger partial charge in [-0.3, -0.25) is 4.98 Å². The Hall–Kier alpha value is -2.41. The maximum Gasteiger partial charge on any atom is 0.0736 e. The van der Waals surface area contributed by atoms with E-state index in [1.165, 1.54) is 46.9 Å². The third kappa shape index (κ3) is 3.26. The zero-order chi connectivity index (χ0) is 16.2. The lowest BCUT2D eigenvalue weighted by atomic mass is 9.79. The number of nitrogens with zero attached hydrogens (tertiary/aromatic N) is 1. The molecule has 1 heteroatoms. The molecule has 1 aliphatic rings. The lowest BCUT2D eigenvalue weighted by Gasteiger charge is -2.26. The summed E-state index contributed by atoms with van der Waals surface area (Å²) in [5.74, 6) is 0.841. The van der Waals surface area contributed by atoms with Crippen LogP contribution in [0, 0.1) is 5.92 Å². The summed E-state index contributed by atoms with van der Waals surface area (Å²) >= 11 is 0. The maximum absolute atomic E-state index is 4.76. The molecule has 0 aliphatic heterocycles. The molecule has 0 saturated heterocycles. The van der Waals surface area contributed by atoms with Crippen LogP contribution in [0.2, 0.25) is 0 Å². The number of aromatic nitrogens is 1. The molecule has 4 rings (SSSR count). The quantitative estimate of drug-likeness (QED) is 0.558. The van der Waals surface area contributed by atoms with Crippen LogP contribution >= 0.6 is 0 Å². The number of benzene rings is 2. The molecule has 1 heterocycles. The molecule has 1 fully saturated rings. The van der Waals surface area contributed by atoms with Gasteiger partial charge in [0.15, 0.2) is 0 Å². The summed E-state index contributed by atoms with van der Waals surface area (Å²) < 4.78 is 0. The third-order valence-electron chi connectivity index (χ3n) is 5.14. The van der Waals surface area contributed by atoms with Crippen LogP contribution in [0.3, 0.4) is 0 Å². The van der Waals surface area contributed by atoms with Crippen molar-refractivity contribution in [2.75, 3.05) is 0 Å². The van der Waals surface area contributed by atoms with E-state index in [-0.39, 0.29) is 0 Å². The van der Waals surface area contributed by atoms with E-state index in [0.29, 0.717) is 0 Å². The van der Waals surface area contributed by atoms with Crippen molar-refractivity contribution in [1.29, 1.82) is 0 Å². The van der Waals surface area contributed by atoms with Crippen LogP contribution < -0.4 is 0 Å². The van der Waals surface area contributed by atoms with Gasteiger partial charge in [-0.25, -0.2) is 0 Å². The first kappa shape index (κ1) is 15.1. The number of pyridine rings is 1. The number of fused-ring (bicyclic) bond motifs is 1. The van der Waals surface area contributed by atoms with Crippen molar-refractivity contribution in [3.05, 3.63) is 84.2 Å². The van der Waals surface area contributed by atoms with Crippen LogP contribution in [0.25, 0.3) is 16.3 Å². The molecule has 24 heavy (non-hydrogen) atoms.